The van der Waals surface area contributed by atoms with Crippen molar-refractivity contribution in [3.63, 3.8) is 0 Å². The van der Waals surface area contributed by atoms with Gasteiger partial charge in [-0.25, -0.2) is 23.4 Å². The van der Waals surface area contributed by atoms with Crippen molar-refractivity contribution in [1.29, 1.82) is 0 Å². The lowest BCUT2D eigenvalue weighted by molar-refractivity contribution is -0.139. The summed E-state index contributed by atoms with van der Waals surface area (Å²) in [6.45, 7) is 2.11. The first-order chi connectivity index (χ1) is 17.2. The van der Waals surface area contributed by atoms with Crippen LogP contribution in [0.1, 0.15) is 49.7 Å². The van der Waals surface area contributed by atoms with Crippen LogP contribution in [0.25, 0.3) is 11.4 Å². The number of halogens is 2. The topological polar surface area (TPSA) is 115 Å². The molecule has 1 saturated carbocycles. The van der Waals surface area contributed by atoms with Crippen LogP contribution >= 0.6 is 0 Å². The third kappa shape index (κ3) is 5.36. The van der Waals surface area contributed by atoms with E-state index in [0.717, 1.165) is 29.3 Å². The molecule has 1 aliphatic carbocycles. The fourth-order valence-corrected chi connectivity index (χ4v) is 4.96. The maximum Gasteiger partial charge on any atom is 0.303 e. The predicted molar refractivity (Wildman–Crippen MR) is 127 cm³/mol. The maximum absolute atomic E-state index is 14.5. The Kier molecular flexibility index (Phi) is 6.44. The number of nitrogens with zero attached hydrogens (tertiary/aromatic N) is 8. The van der Waals surface area contributed by atoms with Crippen molar-refractivity contribution in [3.05, 3.63) is 35.7 Å². The number of alkyl halides is 2. The van der Waals surface area contributed by atoms with Gasteiger partial charge in [-0.15, -0.1) is 5.10 Å². The fraction of sp³-hybridized carbons (Fsp3) is 0.583. The molecule has 5 rings (SSSR count). The first-order valence-electron chi connectivity index (χ1n) is 12.3. The zero-order chi connectivity index (χ0) is 25.4. The first kappa shape index (κ1) is 24.3. The number of carboxylic acid groups (broad SMARTS) is 1. The summed E-state index contributed by atoms with van der Waals surface area (Å²) < 4.78 is 32.5. The van der Waals surface area contributed by atoms with E-state index in [9.17, 15) is 13.6 Å². The van der Waals surface area contributed by atoms with Crippen molar-refractivity contribution in [2.45, 2.75) is 57.9 Å². The Bertz CT molecular complexity index is 1250. The average Bonchev–Trinajstić information content (AvgIpc) is 3.40. The lowest BCUT2D eigenvalue weighted by Crippen LogP contribution is -2.48. The highest BCUT2D eigenvalue weighted by molar-refractivity contribution is 5.67. The molecule has 12 heteroatoms. The summed E-state index contributed by atoms with van der Waals surface area (Å²) in [6.07, 6.45) is 8.47. The van der Waals surface area contributed by atoms with E-state index >= 15 is 0 Å². The molecule has 2 fully saturated rings. The van der Waals surface area contributed by atoms with Crippen LogP contribution in [0.3, 0.4) is 0 Å². The zero-order valence-corrected chi connectivity index (χ0v) is 20.4. The minimum absolute atomic E-state index is 0.227. The van der Waals surface area contributed by atoms with Crippen LogP contribution in [0.4, 0.5) is 14.5 Å². The summed E-state index contributed by atoms with van der Waals surface area (Å²) in [4.78, 5) is 21.9. The SMILES string of the molecule is CCc1nc(-c2cnn(C)c2Cn2cc(CC3CC3)nn2)ncc1N1C[C@@H](CC(=O)O)CC(F)(F)C1. The van der Waals surface area contributed by atoms with Gasteiger partial charge in [0.25, 0.3) is 5.92 Å². The minimum atomic E-state index is -2.98. The Morgan fingerprint density at radius 1 is 1.25 bits per heavy atom. The Morgan fingerprint density at radius 3 is 2.78 bits per heavy atom. The predicted octanol–water partition coefficient (Wildman–Crippen LogP) is 2.97. The van der Waals surface area contributed by atoms with Crippen molar-refractivity contribution in [2.75, 3.05) is 18.0 Å². The second-order valence-electron chi connectivity index (χ2n) is 9.97. The van der Waals surface area contributed by atoms with Gasteiger partial charge in [-0.1, -0.05) is 12.1 Å². The maximum atomic E-state index is 14.5. The normalized spacial score (nSPS) is 19.6. The van der Waals surface area contributed by atoms with Crippen LogP contribution < -0.4 is 4.90 Å². The number of aromatic nitrogens is 7. The lowest BCUT2D eigenvalue weighted by Gasteiger charge is -2.38. The highest BCUT2D eigenvalue weighted by atomic mass is 19.3. The van der Waals surface area contributed by atoms with Crippen LogP contribution in [0, 0.1) is 11.8 Å². The summed E-state index contributed by atoms with van der Waals surface area (Å²) in [5.74, 6) is -3.51. The van der Waals surface area contributed by atoms with E-state index < -0.39 is 30.8 Å². The van der Waals surface area contributed by atoms with E-state index in [2.05, 4.69) is 20.4 Å². The minimum Gasteiger partial charge on any atom is -0.481 e. The Morgan fingerprint density at radius 2 is 2.06 bits per heavy atom. The Balaban J connectivity index is 1.40. The number of aryl methyl sites for hydroxylation is 2. The molecular formula is C24H30F2N8O2. The van der Waals surface area contributed by atoms with Crippen molar-refractivity contribution in [2.24, 2.45) is 18.9 Å². The summed E-state index contributed by atoms with van der Waals surface area (Å²) in [5.41, 5.74) is 3.73. The molecule has 0 aromatic carbocycles. The van der Waals surface area contributed by atoms with Gasteiger partial charge in [-0.3, -0.25) is 9.48 Å². The number of aliphatic carboxylic acids is 1. The van der Waals surface area contributed by atoms with Crippen LogP contribution in [0.5, 0.6) is 0 Å². The molecule has 0 bridgehead atoms. The van der Waals surface area contributed by atoms with Gasteiger partial charge < -0.3 is 10.0 Å². The summed E-state index contributed by atoms with van der Waals surface area (Å²) in [7, 11) is 1.84. The van der Waals surface area contributed by atoms with Crippen molar-refractivity contribution < 1.29 is 18.7 Å². The molecule has 192 valence electrons. The number of carboxylic acids is 1. The molecule has 36 heavy (non-hydrogen) atoms. The molecule has 1 atom stereocenters. The van der Waals surface area contributed by atoms with Gasteiger partial charge in [0.15, 0.2) is 5.82 Å². The van der Waals surface area contributed by atoms with E-state index in [1.807, 2.05) is 20.2 Å². The molecule has 1 N–H and O–H groups in total. The first-order valence-corrected chi connectivity index (χ1v) is 12.3. The second kappa shape index (κ2) is 9.55. The smallest absolute Gasteiger partial charge is 0.303 e. The Labute approximate surface area is 207 Å². The molecule has 0 unspecified atom stereocenters. The molecule has 2 aliphatic rings. The van der Waals surface area contributed by atoms with Gasteiger partial charge >= 0.3 is 5.97 Å². The van der Waals surface area contributed by atoms with E-state index in [-0.39, 0.29) is 13.0 Å². The van der Waals surface area contributed by atoms with Gasteiger partial charge in [-0.2, -0.15) is 5.10 Å². The molecule has 0 radical (unpaired) electrons. The Hall–Kier alpha value is -3.44. The second-order valence-corrected chi connectivity index (χ2v) is 9.97. The number of hydrogen-bond acceptors (Lipinski definition) is 7. The number of hydrogen-bond donors (Lipinski definition) is 1. The van der Waals surface area contributed by atoms with Crippen molar-refractivity contribution in [3.8, 4) is 11.4 Å². The molecule has 3 aromatic heterocycles. The van der Waals surface area contributed by atoms with Crippen LogP contribution in [-0.4, -0.2) is 64.8 Å². The average molecular weight is 501 g/mol. The molecular weight excluding hydrogens is 470 g/mol. The van der Waals surface area contributed by atoms with Crippen LogP contribution in [0.2, 0.25) is 0 Å². The third-order valence-corrected chi connectivity index (χ3v) is 6.87. The largest absolute Gasteiger partial charge is 0.481 e. The van der Waals surface area contributed by atoms with Crippen LogP contribution in [-0.2, 0) is 31.2 Å². The monoisotopic (exact) mass is 500 g/mol. The van der Waals surface area contributed by atoms with Crippen molar-refractivity contribution in [1.82, 2.24) is 34.7 Å². The van der Waals surface area contributed by atoms with Gasteiger partial charge in [0.2, 0.25) is 0 Å². The fourth-order valence-electron chi connectivity index (χ4n) is 4.96. The summed E-state index contributed by atoms with van der Waals surface area (Å²) in [6, 6.07) is 0. The number of carbonyl (C=O) groups is 1. The molecule has 1 aliphatic heterocycles. The van der Waals surface area contributed by atoms with E-state index in [1.165, 1.54) is 17.7 Å². The van der Waals surface area contributed by atoms with Gasteiger partial charge in [0.1, 0.15) is 0 Å². The molecule has 1 saturated heterocycles. The summed E-state index contributed by atoms with van der Waals surface area (Å²) in [5, 5.41) is 22.1. The van der Waals surface area contributed by atoms with E-state index in [4.69, 9.17) is 10.1 Å². The van der Waals surface area contributed by atoms with E-state index in [0.29, 0.717) is 30.2 Å². The zero-order valence-electron chi connectivity index (χ0n) is 20.4. The van der Waals surface area contributed by atoms with E-state index in [1.54, 1.807) is 21.8 Å². The summed E-state index contributed by atoms with van der Waals surface area (Å²) >= 11 is 0. The number of rotatable bonds is 9. The quantitative estimate of drug-likeness (QED) is 0.477. The van der Waals surface area contributed by atoms with Gasteiger partial charge in [0.05, 0.1) is 60.2 Å². The van der Waals surface area contributed by atoms with Gasteiger partial charge in [-0.05, 0) is 37.5 Å². The number of piperidine rings is 1. The highest BCUT2D eigenvalue weighted by Gasteiger charge is 2.41. The van der Waals surface area contributed by atoms with Crippen LogP contribution in [0.15, 0.2) is 18.6 Å². The van der Waals surface area contributed by atoms with Crippen molar-refractivity contribution >= 4 is 11.7 Å². The molecule has 0 amide bonds. The highest BCUT2D eigenvalue weighted by Crippen LogP contribution is 2.36. The lowest BCUT2D eigenvalue weighted by atomic mass is 9.92. The standard InChI is InChI=1S/C24H30F2N8O2/c1-3-19-20(33-11-16(7-22(35)36)8-24(25,26)14-33)10-27-23(29-19)18-9-28-32(2)21(18)13-34-12-17(30-31-34)6-15-4-5-15/h9-10,12,15-16H,3-8,11,13-14H2,1-2H3,(H,35,36)/t16-/m0/s1. The number of anilines is 1. The molecule has 3 aromatic rings. The van der Waals surface area contributed by atoms with Gasteiger partial charge in [0, 0.05) is 26.2 Å². The third-order valence-electron chi connectivity index (χ3n) is 6.87. The molecule has 10 nitrogen and oxygen atoms in total. The molecule has 0 spiro atoms. The molecule has 4 heterocycles.